The molecule has 218 valence electrons. The summed E-state index contributed by atoms with van der Waals surface area (Å²) in [6.07, 6.45) is 4.38. The number of hydrogen-bond acceptors (Lipinski definition) is 6. The zero-order chi connectivity index (χ0) is 29.6. The smallest absolute Gasteiger partial charge is 0.251 e. The van der Waals surface area contributed by atoms with Gasteiger partial charge in [0, 0.05) is 66.3 Å². The first-order chi connectivity index (χ1) is 20.4. The third-order valence-corrected chi connectivity index (χ3v) is 8.09. The van der Waals surface area contributed by atoms with Gasteiger partial charge in [-0.25, -0.2) is 9.67 Å². The number of carbonyl (C=O) groups excluding carboxylic acids is 2. The molecule has 0 saturated carbocycles. The molecular formula is C31H36BClN6O3. The highest BCUT2D eigenvalue weighted by atomic mass is 35.5. The van der Waals surface area contributed by atoms with Crippen LogP contribution >= 0.6 is 11.6 Å². The van der Waals surface area contributed by atoms with Crippen LogP contribution in [-0.4, -0.2) is 53.7 Å². The van der Waals surface area contributed by atoms with Gasteiger partial charge in [0.25, 0.3) is 11.8 Å². The number of amides is 2. The normalized spacial score (nSPS) is 13.7. The fourth-order valence-electron chi connectivity index (χ4n) is 5.27. The Morgan fingerprint density at radius 3 is 2.43 bits per heavy atom. The minimum absolute atomic E-state index is 0.254. The molecule has 2 amide bonds. The lowest BCUT2D eigenvalue weighted by Gasteiger charge is -2.26. The fraction of sp³-hybridized carbons (Fsp3) is 0.355. The van der Waals surface area contributed by atoms with Crippen LogP contribution < -0.4 is 21.4 Å². The van der Waals surface area contributed by atoms with Gasteiger partial charge in [0.2, 0.25) is 0 Å². The van der Waals surface area contributed by atoms with Crippen LogP contribution in [0.4, 0.5) is 5.69 Å². The molecule has 2 aromatic heterocycles. The summed E-state index contributed by atoms with van der Waals surface area (Å²) in [5, 5.41) is 15.9. The monoisotopic (exact) mass is 586 g/mol. The molecule has 1 aliphatic heterocycles. The summed E-state index contributed by atoms with van der Waals surface area (Å²) in [4.78, 5) is 31.2. The Bertz CT molecular complexity index is 1600. The van der Waals surface area contributed by atoms with Crippen molar-refractivity contribution in [3.05, 3.63) is 81.6 Å². The lowest BCUT2D eigenvalue weighted by atomic mass is 9.94. The molecule has 11 heteroatoms. The number of aromatic nitrogens is 3. The van der Waals surface area contributed by atoms with Gasteiger partial charge in [0.1, 0.15) is 7.85 Å². The van der Waals surface area contributed by atoms with E-state index in [-0.39, 0.29) is 17.9 Å². The summed E-state index contributed by atoms with van der Waals surface area (Å²) in [6.45, 7) is 6.92. The second kappa shape index (κ2) is 13.4. The molecule has 4 aromatic rings. The summed E-state index contributed by atoms with van der Waals surface area (Å²) < 4.78 is 7.46. The van der Waals surface area contributed by atoms with Crippen molar-refractivity contribution in [1.82, 2.24) is 25.4 Å². The SMILES string of the molecule is Bc1cc(CNC(=O)c2cccc(C(=O)NCc3c(CC)nc4c(cnn4CC)c3NC3CCOCC3)c2)ccc1Cl. The Morgan fingerprint density at radius 1 is 1.05 bits per heavy atom. The van der Waals surface area contributed by atoms with Crippen molar-refractivity contribution in [3.63, 3.8) is 0 Å². The van der Waals surface area contributed by atoms with Gasteiger partial charge in [-0.2, -0.15) is 5.10 Å². The van der Waals surface area contributed by atoms with Crippen molar-refractivity contribution in [2.45, 2.75) is 58.8 Å². The van der Waals surface area contributed by atoms with E-state index >= 15 is 0 Å². The molecule has 2 aromatic carbocycles. The second-order valence-electron chi connectivity index (χ2n) is 10.5. The molecule has 1 fully saturated rings. The van der Waals surface area contributed by atoms with Crippen LogP contribution in [0, 0.1) is 0 Å². The van der Waals surface area contributed by atoms with Crippen LogP contribution in [0.15, 0.2) is 48.7 Å². The minimum Gasteiger partial charge on any atom is -0.381 e. The van der Waals surface area contributed by atoms with E-state index in [9.17, 15) is 9.59 Å². The Hall–Kier alpha value is -3.89. The summed E-state index contributed by atoms with van der Waals surface area (Å²) in [6, 6.07) is 12.7. The highest BCUT2D eigenvalue weighted by Gasteiger charge is 2.22. The van der Waals surface area contributed by atoms with Crippen molar-refractivity contribution in [2.75, 3.05) is 18.5 Å². The third-order valence-electron chi connectivity index (χ3n) is 7.66. The Morgan fingerprint density at radius 2 is 1.76 bits per heavy atom. The molecule has 42 heavy (non-hydrogen) atoms. The number of rotatable bonds is 10. The van der Waals surface area contributed by atoms with Crippen molar-refractivity contribution < 1.29 is 14.3 Å². The first kappa shape index (κ1) is 29.6. The van der Waals surface area contributed by atoms with E-state index in [4.69, 9.17) is 21.3 Å². The highest BCUT2D eigenvalue weighted by molar-refractivity contribution is 6.45. The van der Waals surface area contributed by atoms with Crippen LogP contribution in [0.5, 0.6) is 0 Å². The van der Waals surface area contributed by atoms with Gasteiger partial charge in [-0.15, -0.1) is 0 Å². The second-order valence-corrected chi connectivity index (χ2v) is 10.9. The zero-order valence-corrected chi connectivity index (χ0v) is 25.1. The van der Waals surface area contributed by atoms with Crippen molar-refractivity contribution in [1.29, 1.82) is 0 Å². The van der Waals surface area contributed by atoms with Crippen LogP contribution in [-0.2, 0) is 30.8 Å². The summed E-state index contributed by atoms with van der Waals surface area (Å²) in [5.41, 5.74) is 6.40. The van der Waals surface area contributed by atoms with Crippen molar-refractivity contribution in [2.24, 2.45) is 0 Å². The van der Waals surface area contributed by atoms with Crippen LogP contribution in [0.1, 0.15) is 64.2 Å². The van der Waals surface area contributed by atoms with Crippen molar-refractivity contribution in [3.8, 4) is 0 Å². The van der Waals surface area contributed by atoms with Gasteiger partial charge in [-0.1, -0.05) is 42.2 Å². The molecule has 5 rings (SSSR count). The van der Waals surface area contributed by atoms with Crippen molar-refractivity contribution >= 4 is 53.4 Å². The van der Waals surface area contributed by atoms with E-state index in [1.54, 1.807) is 24.3 Å². The number of ether oxygens (including phenoxy) is 1. The average Bonchev–Trinajstić information content (AvgIpc) is 3.44. The Labute approximate surface area is 251 Å². The molecule has 0 bridgehead atoms. The number of carbonyl (C=O) groups is 2. The van der Waals surface area contributed by atoms with E-state index < -0.39 is 0 Å². The van der Waals surface area contributed by atoms with E-state index in [2.05, 4.69) is 28.0 Å². The number of nitrogens with zero attached hydrogens (tertiary/aromatic N) is 3. The number of hydrogen-bond donors (Lipinski definition) is 3. The molecule has 0 atom stereocenters. The molecule has 1 aliphatic rings. The summed E-state index contributed by atoms with van der Waals surface area (Å²) >= 11 is 6.11. The van der Waals surface area contributed by atoms with E-state index in [0.717, 1.165) is 71.6 Å². The van der Waals surface area contributed by atoms with Gasteiger partial charge in [-0.05, 0) is 56.0 Å². The number of nitrogens with one attached hydrogen (secondary N) is 3. The molecule has 0 spiro atoms. The van der Waals surface area contributed by atoms with Gasteiger partial charge < -0.3 is 20.7 Å². The summed E-state index contributed by atoms with van der Waals surface area (Å²) in [5.74, 6) is -0.516. The fourth-order valence-corrected chi connectivity index (χ4v) is 5.39. The summed E-state index contributed by atoms with van der Waals surface area (Å²) in [7, 11) is 1.93. The van der Waals surface area contributed by atoms with E-state index in [1.165, 1.54) is 0 Å². The molecule has 0 radical (unpaired) electrons. The molecule has 9 nitrogen and oxygen atoms in total. The minimum atomic E-state index is -0.263. The number of anilines is 1. The molecule has 0 aliphatic carbocycles. The maximum Gasteiger partial charge on any atom is 0.251 e. The predicted molar refractivity (Wildman–Crippen MR) is 168 cm³/mol. The molecule has 3 heterocycles. The first-order valence-corrected chi connectivity index (χ1v) is 14.9. The van der Waals surface area contributed by atoms with Gasteiger partial charge in [-0.3, -0.25) is 9.59 Å². The van der Waals surface area contributed by atoms with Crippen LogP contribution in [0.3, 0.4) is 0 Å². The molecular weight excluding hydrogens is 551 g/mol. The lowest BCUT2D eigenvalue weighted by Crippen LogP contribution is -2.30. The number of benzene rings is 2. The van der Waals surface area contributed by atoms with Gasteiger partial charge in [0.05, 0.1) is 17.3 Å². The maximum atomic E-state index is 13.3. The quantitative estimate of drug-likeness (QED) is 0.246. The van der Waals surface area contributed by atoms with Gasteiger partial charge >= 0.3 is 0 Å². The number of fused-ring (bicyclic) bond motifs is 1. The van der Waals surface area contributed by atoms with E-state index in [0.29, 0.717) is 35.7 Å². The average molecular weight is 587 g/mol. The Kier molecular flexibility index (Phi) is 9.44. The number of halogens is 1. The largest absolute Gasteiger partial charge is 0.381 e. The Balaban J connectivity index is 1.33. The standard InChI is InChI=1S/C31H36BClN6O3/c1-3-27-23(28(37-22-10-12-42-13-11-22)24-18-36-39(4-2)29(24)38-27)17-35-31(41)21-7-5-6-20(15-21)30(40)34-16-19-8-9-26(33)25(32)14-19/h5-9,14-15,18,22H,3-4,10-13,16-17,32H2,1-2H3,(H,34,40)(H,35,41)(H,37,38). The van der Waals surface area contributed by atoms with E-state index in [1.807, 2.05) is 43.8 Å². The van der Waals surface area contributed by atoms with Crippen LogP contribution in [0.2, 0.25) is 5.02 Å². The topological polar surface area (TPSA) is 110 Å². The highest BCUT2D eigenvalue weighted by Crippen LogP contribution is 2.31. The molecule has 0 unspecified atom stereocenters. The molecule has 1 saturated heterocycles. The van der Waals surface area contributed by atoms with Crippen LogP contribution in [0.25, 0.3) is 11.0 Å². The predicted octanol–water partition coefficient (Wildman–Crippen LogP) is 3.38. The number of aryl methyl sites for hydroxylation is 2. The van der Waals surface area contributed by atoms with Gasteiger partial charge in [0.15, 0.2) is 5.65 Å². The maximum absolute atomic E-state index is 13.3. The lowest BCUT2D eigenvalue weighted by molar-refractivity contribution is 0.0904. The first-order valence-electron chi connectivity index (χ1n) is 14.5. The zero-order valence-electron chi connectivity index (χ0n) is 24.3. The molecule has 3 N–H and O–H groups in total. The third kappa shape index (κ3) is 6.60. The number of pyridine rings is 1.